The predicted octanol–water partition coefficient (Wildman–Crippen LogP) is 3.37. The Morgan fingerprint density at radius 3 is 2.57 bits per heavy atom. The van der Waals surface area contributed by atoms with Crippen LogP contribution in [0.5, 0.6) is 0 Å². The average Bonchev–Trinajstić information content (AvgIpc) is 2.45. The summed E-state index contributed by atoms with van der Waals surface area (Å²) in [5.74, 6) is -1.03. The van der Waals surface area contributed by atoms with Gasteiger partial charge in [-0.15, -0.1) is 0 Å². The largest absolute Gasteiger partial charge is 0.463 e. The summed E-state index contributed by atoms with van der Waals surface area (Å²) in [4.78, 5) is 22.3. The molecule has 0 saturated heterocycles. The Balaban J connectivity index is 2.70. The summed E-state index contributed by atoms with van der Waals surface area (Å²) in [6.07, 6.45) is 3.59. The number of rotatable bonds is 7. The van der Waals surface area contributed by atoms with Crippen LogP contribution >= 0.6 is 23.2 Å². The van der Waals surface area contributed by atoms with Gasteiger partial charge in [-0.3, -0.25) is 4.79 Å². The van der Waals surface area contributed by atoms with Crippen LogP contribution in [-0.2, 0) is 14.3 Å². The molecule has 1 rings (SSSR count). The number of carbonyl (C=O) groups excluding carboxylic acids is 2. The lowest BCUT2D eigenvalue weighted by Gasteiger charge is -2.05. The van der Waals surface area contributed by atoms with Crippen molar-refractivity contribution >= 4 is 41.2 Å². The number of benzene rings is 1. The molecule has 4 nitrogen and oxygen atoms in total. The average molecular weight is 328 g/mol. The Kier molecular flexibility index (Phi) is 6.99. The van der Waals surface area contributed by atoms with Gasteiger partial charge in [-0.05, 0) is 36.6 Å². The highest BCUT2D eigenvalue weighted by molar-refractivity contribution is 6.42. The maximum atomic E-state index is 11.4. The second-order valence-electron chi connectivity index (χ2n) is 4.18. The number of ether oxygens (including phenoxy) is 1. The van der Waals surface area contributed by atoms with E-state index in [1.54, 1.807) is 24.3 Å². The molecule has 1 aromatic carbocycles. The summed E-state index contributed by atoms with van der Waals surface area (Å²) in [5.41, 5.74) is 6.47. The van der Waals surface area contributed by atoms with E-state index in [2.05, 4.69) is 6.58 Å². The fraction of sp³-hybridized carbons (Fsp3) is 0.200. The van der Waals surface area contributed by atoms with Crippen molar-refractivity contribution in [3.63, 3.8) is 0 Å². The first-order chi connectivity index (χ1) is 9.93. The molecule has 0 saturated carbocycles. The highest BCUT2D eigenvalue weighted by Gasteiger charge is 2.07. The van der Waals surface area contributed by atoms with Crippen LogP contribution in [0.4, 0.5) is 0 Å². The van der Waals surface area contributed by atoms with Crippen molar-refractivity contribution in [3.05, 3.63) is 52.0 Å². The molecule has 0 aliphatic carbocycles. The molecule has 1 amide bonds. The van der Waals surface area contributed by atoms with Gasteiger partial charge in [0.2, 0.25) is 5.91 Å². The molecule has 0 aromatic heterocycles. The summed E-state index contributed by atoms with van der Waals surface area (Å²) in [6.45, 7) is 3.48. The van der Waals surface area contributed by atoms with E-state index in [9.17, 15) is 9.59 Å². The topological polar surface area (TPSA) is 69.4 Å². The van der Waals surface area contributed by atoms with Gasteiger partial charge in [-0.1, -0.05) is 35.8 Å². The number of amides is 1. The van der Waals surface area contributed by atoms with Crippen molar-refractivity contribution in [1.82, 2.24) is 0 Å². The van der Waals surface area contributed by atoms with Crippen molar-refractivity contribution in [1.29, 1.82) is 0 Å². The molecule has 0 spiro atoms. The number of halogens is 2. The lowest BCUT2D eigenvalue weighted by molar-refractivity contribution is -0.137. The summed E-state index contributed by atoms with van der Waals surface area (Å²) in [7, 11) is 0. The molecule has 0 heterocycles. The SMILES string of the molecule is C=CC(=O)OCCCC(=Cc1ccc(Cl)c(Cl)c1)C(N)=O. The minimum atomic E-state index is -0.531. The minimum Gasteiger partial charge on any atom is -0.463 e. The van der Waals surface area contributed by atoms with Gasteiger partial charge in [0.05, 0.1) is 16.7 Å². The predicted molar refractivity (Wildman–Crippen MR) is 84.0 cm³/mol. The summed E-state index contributed by atoms with van der Waals surface area (Å²) < 4.78 is 4.83. The molecule has 0 aliphatic heterocycles. The molecule has 0 unspecified atom stereocenters. The summed E-state index contributed by atoms with van der Waals surface area (Å²) >= 11 is 11.7. The molecule has 21 heavy (non-hydrogen) atoms. The van der Waals surface area contributed by atoms with Gasteiger partial charge in [-0.2, -0.15) is 0 Å². The Morgan fingerprint density at radius 2 is 2.00 bits per heavy atom. The van der Waals surface area contributed by atoms with Gasteiger partial charge in [0.25, 0.3) is 0 Å². The van der Waals surface area contributed by atoms with E-state index in [0.717, 1.165) is 11.6 Å². The summed E-state index contributed by atoms with van der Waals surface area (Å²) in [5, 5.41) is 0.833. The molecule has 0 bridgehead atoms. The van der Waals surface area contributed by atoms with Gasteiger partial charge >= 0.3 is 5.97 Å². The Labute approximate surface area is 133 Å². The lowest BCUT2D eigenvalue weighted by atomic mass is 10.1. The fourth-order valence-electron chi connectivity index (χ4n) is 1.56. The third-order valence-corrected chi connectivity index (χ3v) is 3.34. The van der Waals surface area contributed by atoms with Crippen molar-refractivity contribution in [3.8, 4) is 0 Å². The van der Waals surface area contributed by atoms with Crippen molar-refractivity contribution in [2.24, 2.45) is 5.73 Å². The minimum absolute atomic E-state index is 0.191. The molecular formula is C15H15Cl2NO3. The number of primary amides is 1. The van der Waals surface area contributed by atoms with Crippen LogP contribution in [0.1, 0.15) is 18.4 Å². The molecule has 0 fully saturated rings. The number of nitrogens with two attached hydrogens (primary N) is 1. The van der Waals surface area contributed by atoms with E-state index < -0.39 is 11.9 Å². The van der Waals surface area contributed by atoms with Crippen LogP contribution in [0.15, 0.2) is 36.4 Å². The van der Waals surface area contributed by atoms with E-state index in [-0.39, 0.29) is 6.61 Å². The van der Waals surface area contributed by atoms with Crippen LogP contribution in [0.3, 0.4) is 0 Å². The van der Waals surface area contributed by atoms with Crippen molar-refractivity contribution in [2.75, 3.05) is 6.61 Å². The number of hydrogen-bond acceptors (Lipinski definition) is 3. The van der Waals surface area contributed by atoms with Gasteiger partial charge in [0, 0.05) is 11.6 Å². The van der Waals surface area contributed by atoms with E-state index in [0.29, 0.717) is 28.5 Å². The van der Waals surface area contributed by atoms with E-state index in [1.165, 1.54) is 0 Å². The molecule has 112 valence electrons. The molecule has 6 heteroatoms. The maximum absolute atomic E-state index is 11.4. The molecule has 2 N–H and O–H groups in total. The Morgan fingerprint density at radius 1 is 1.29 bits per heavy atom. The zero-order chi connectivity index (χ0) is 15.8. The molecule has 0 atom stereocenters. The van der Waals surface area contributed by atoms with Gasteiger partial charge < -0.3 is 10.5 Å². The zero-order valence-corrected chi connectivity index (χ0v) is 12.8. The van der Waals surface area contributed by atoms with Crippen LogP contribution in [0, 0.1) is 0 Å². The number of carbonyl (C=O) groups is 2. The monoisotopic (exact) mass is 327 g/mol. The molecular weight excluding hydrogens is 313 g/mol. The third kappa shape index (κ3) is 6.02. The zero-order valence-electron chi connectivity index (χ0n) is 11.3. The Hall–Kier alpha value is -1.78. The summed E-state index contributed by atoms with van der Waals surface area (Å²) in [6, 6.07) is 5.01. The van der Waals surface area contributed by atoms with Gasteiger partial charge in [0.15, 0.2) is 0 Å². The normalized spacial score (nSPS) is 11.0. The van der Waals surface area contributed by atoms with E-state index >= 15 is 0 Å². The standard InChI is InChI=1S/C15H15Cl2NO3/c1-2-14(19)21-7-3-4-11(15(18)20)8-10-5-6-12(16)13(17)9-10/h2,5-6,8-9H,1,3-4,7H2,(H2,18,20). The molecule has 1 aromatic rings. The van der Waals surface area contributed by atoms with Crippen molar-refractivity contribution in [2.45, 2.75) is 12.8 Å². The Bertz CT molecular complexity index is 582. The second-order valence-corrected chi connectivity index (χ2v) is 5.00. The van der Waals surface area contributed by atoms with Crippen LogP contribution in [0.25, 0.3) is 6.08 Å². The highest BCUT2D eigenvalue weighted by atomic mass is 35.5. The number of esters is 1. The number of hydrogen-bond donors (Lipinski definition) is 1. The fourth-order valence-corrected chi connectivity index (χ4v) is 1.87. The van der Waals surface area contributed by atoms with Crippen molar-refractivity contribution < 1.29 is 14.3 Å². The second kappa shape index (κ2) is 8.49. The maximum Gasteiger partial charge on any atom is 0.330 e. The van der Waals surface area contributed by atoms with E-state index in [4.69, 9.17) is 33.7 Å². The van der Waals surface area contributed by atoms with Crippen LogP contribution in [-0.4, -0.2) is 18.5 Å². The van der Waals surface area contributed by atoms with Gasteiger partial charge in [-0.25, -0.2) is 4.79 Å². The lowest BCUT2D eigenvalue weighted by Crippen LogP contribution is -2.14. The van der Waals surface area contributed by atoms with Crippen LogP contribution in [0.2, 0.25) is 10.0 Å². The van der Waals surface area contributed by atoms with E-state index in [1.807, 2.05) is 0 Å². The first kappa shape index (κ1) is 17.3. The van der Waals surface area contributed by atoms with Crippen LogP contribution < -0.4 is 5.73 Å². The highest BCUT2D eigenvalue weighted by Crippen LogP contribution is 2.24. The quantitative estimate of drug-likeness (QED) is 0.474. The third-order valence-electron chi connectivity index (χ3n) is 2.60. The first-order valence-corrected chi connectivity index (χ1v) is 6.94. The first-order valence-electron chi connectivity index (χ1n) is 6.18. The van der Waals surface area contributed by atoms with Gasteiger partial charge in [0.1, 0.15) is 0 Å². The smallest absolute Gasteiger partial charge is 0.330 e. The molecule has 0 aliphatic rings. The molecule has 0 radical (unpaired) electrons.